The molecule has 0 spiro atoms. The van der Waals surface area contributed by atoms with E-state index in [-0.39, 0.29) is 31.0 Å². The van der Waals surface area contributed by atoms with Crippen LogP contribution < -0.4 is 14.2 Å². The average molecular weight is 317 g/mol. The molecule has 3 aliphatic rings. The number of fused-ring (bicyclic) bond motifs is 1. The van der Waals surface area contributed by atoms with Crippen LogP contribution in [0.5, 0.6) is 17.2 Å². The summed E-state index contributed by atoms with van der Waals surface area (Å²) < 4.78 is 15.9. The van der Waals surface area contributed by atoms with Crippen molar-refractivity contribution >= 4 is 11.9 Å². The molecule has 6 nitrogen and oxygen atoms in total. The largest absolute Gasteiger partial charge is 0.454 e. The van der Waals surface area contributed by atoms with Crippen molar-refractivity contribution < 1.29 is 23.8 Å². The zero-order valence-electron chi connectivity index (χ0n) is 12.8. The summed E-state index contributed by atoms with van der Waals surface area (Å²) in [6.45, 7) is 0.660. The summed E-state index contributed by atoms with van der Waals surface area (Å²) in [5, 5.41) is 0. The Labute approximate surface area is 134 Å². The van der Waals surface area contributed by atoms with Crippen LogP contribution >= 0.6 is 0 Å². The number of hydrogen-bond donors (Lipinski definition) is 0. The lowest BCUT2D eigenvalue weighted by molar-refractivity contribution is -0.139. The summed E-state index contributed by atoms with van der Waals surface area (Å²) in [6.07, 6.45) is 4.69. The van der Waals surface area contributed by atoms with Gasteiger partial charge in [0.15, 0.2) is 11.5 Å². The van der Waals surface area contributed by atoms with Gasteiger partial charge in [-0.15, -0.1) is 0 Å². The quantitative estimate of drug-likeness (QED) is 0.631. The molecule has 1 atom stereocenters. The molecule has 1 saturated heterocycles. The van der Waals surface area contributed by atoms with Gasteiger partial charge in [0.2, 0.25) is 12.7 Å². The Morgan fingerprint density at radius 1 is 1.17 bits per heavy atom. The Kier molecular flexibility index (Phi) is 3.59. The van der Waals surface area contributed by atoms with E-state index in [1.807, 2.05) is 4.90 Å². The predicted octanol–water partition coefficient (Wildman–Crippen LogP) is 2.11. The van der Waals surface area contributed by atoms with Crippen LogP contribution in [0.2, 0.25) is 0 Å². The van der Waals surface area contributed by atoms with Crippen molar-refractivity contribution in [3.63, 3.8) is 0 Å². The normalized spacial score (nSPS) is 23.6. The maximum absolute atomic E-state index is 12.3. The number of esters is 1. The second kappa shape index (κ2) is 5.76. The number of hydrogen-bond acceptors (Lipinski definition) is 5. The van der Waals surface area contributed by atoms with Gasteiger partial charge in [0.05, 0.1) is 5.92 Å². The average Bonchev–Trinajstić information content (AvgIpc) is 3.26. The highest BCUT2D eigenvalue weighted by Crippen LogP contribution is 2.36. The standard InChI is InChI=1S/C17H19NO5/c19-16-7-11(9-18(16)12-3-1-2-4-12)17(20)23-13-5-6-14-15(8-13)22-10-21-14/h5-6,8,11-12H,1-4,7,9-10H2/t11-/m0/s1. The van der Waals surface area contributed by atoms with E-state index in [2.05, 4.69) is 0 Å². The molecule has 1 aromatic rings. The van der Waals surface area contributed by atoms with Crippen LogP contribution in [0, 0.1) is 5.92 Å². The second-order valence-electron chi connectivity index (χ2n) is 6.32. The summed E-state index contributed by atoms with van der Waals surface area (Å²) in [5.74, 6) is 0.986. The van der Waals surface area contributed by atoms with Crippen LogP contribution in [0.4, 0.5) is 0 Å². The van der Waals surface area contributed by atoms with Gasteiger partial charge in [-0.3, -0.25) is 9.59 Å². The van der Waals surface area contributed by atoms with Crippen LogP contribution in [-0.2, 0) is 9.59 Å². The summed E-state index contributed by atoms with van der Waals surface area (Å²) in [4.78, 5) is 26.4. The van der Waals surface area contributed by atoms with Crippen molar-refractivity contribution in [1.29, 1.82) is 0 Å². The van der Waals surface area contributed by atoms with Crippen molar-refractivity contribution in [2.24, 2.45) is 5.92 Å². The first kappa shape index (κ1) is 14.4. The number of likely N-dealkylation sites (tertiary alicyclic amines) is 1. The molecule has 2 aliphatic heterocycles. The SMILES string of the molecule is O=C(Oc1ccc2c(c1)OCO2)[C@H]1CC(=O)N(C2CCCC2)C1. The maximum atomic E-state index is 12.3. The summed E-state index contributed by atoms with van der Waals surface area (Å²) in [7, 11) is 0. The number of ether oxygens (including phenoxy) is 3. The van der Waals surface area contributed by atoms with Crippen molar-refractivity contribution in [1.82, 2.24) is 4.90 Å². The minimum Gasteiger partial charge on any atom is -0.454 e. The van der Waals surface area contributed by atoms with E-state index in [4.69, 9.17) is 14.2 Å². The van der Waals surface area contributed by atoms with E-state index in [0.29, 0.717) is 29.8 Å². The highest BCUT2D eigenvalue weighted by molar-refractivity contribution is 5.87. The molecule has 0 aromatic heterocycles. The number of amides is 1. The molecular weight excluding hydrogens is 298 g/mol. The number of carbonyl (C=O) groups is 2. The molecule has 0 radical (unpaired) electrons. The van der Waals surface area contributed by atoms with Gasteiger partial charge in [0, 0.05) is 25.1 Å². The van der Waals surface area contributed by atoms with Crippen LogP contribution in [-0.4, -0.2) is 36.2 Å². The number of benzene rings is 1. The topological polar surface area (TPSA) is 65.1 Å². The first-order valence-electron chi connectivity index (χ1n) is 8.11. The third kappa shape index (κ3) is 2.73. The van der Waals surface area contributed by atoms with Crippen molar-refractivity contribution in [2.45, 2.75) is 38.1 Å². The van der Waals surface area contributed by atoms with Gasteiger partial charge >= 0.3 is 5.97 Å². The van der Waals surface area contributed by atoms with Gasteiger partial charge in [-0.1, -0.05) is 12.8 Å². The van der Waals surface area contributed by atoms with Gasteiger partial charge < -0.3 is 19.1 Å². The summed E-state index contributed by atoms with van der Waals surface area (Å²) >= 11 is 0. The van der Waals surface area contributed by atoms with Crippen molar-refractivity contribution in [2.75, 3.05) is 13.3 Å². The zero-order valence-corrected chi connectivity index (χ0v) is 12.8. The second-order valence-corrected chi connectivity index (χ2v) is 6.32. The summed E-state index contributed by atoms with van der Waals surface area (Å²) in [6, 6.07) is 5.35. The van der Waals surface area contributed by atoms with Gasteiger partial charge in [0.1, 0.15) is 5.75 Å². The number of rotatable bonds is 3. The summed E-state index contributed by atoms with van der Waals surface area (Å²) in [5.41, 5.74) is 0. The molecular formula is C17H19NO5. The van der Waals surface area contributed by atoms with Gasteiger partial charge in [-0.2, -0.15) is 0 Å². The lowest BCUT2D eigenvalue weighted by atomic mass is 10.1. The maximum Gasteiger partial charge on any atom is 0.316 e. The third-order valence-corrected chi connectivity index (χ3v) is 4.82. The lowest BCUT2D eigenvalue weighted by Gasteiger charge is -2.23. The first-order valence-corrected chi connectivity index (χ1v) is 8.11. The van der Waals surface area contributed by atoms with E-state index in [9.17, 15) is 9.59 Å². The highest BCUT2D eigenvalue weighted by Gasteiger charge is 2.39. The highest BCUT2D eigenvalue weighted by atomic mass is 16.7. The molecule has 1 saturated carbocycles. The van der Waals surface area contributed by atoms with E-state index in [0.717, 1.165) is 12.8 Å². The third-order valence-electron chi connectivity index (χ3n) is 4.82. The number of nitrogens with zero attached hydrogens (tertiary/aromatic N) is 1. The van der Waals surface area contributed by atoms with E-state index >= 15 is 0 Å². The zero-order chi connectivity index (χ0) is 15.8. The predicted molar refractivity (Wildman–Crippen MR) is 80.3 cm³/mol. The molecule has 4 rings (SSSR count). The molecule has 0 N–H and O–H groups in total. The number of carbonyl (C=O) groups excluding carboxylic acids is 2. The van der Waals surface area contributed by atoms with Crippen LogP contribution in [0.1, 0.15) is 32.1 Å². The molecule has 23 heavy (non-hydrogen) atoms. The van der Waals surface area contributed by atoms with Crippen LogP contribution in [0.25, 0.3) is 0 Å². The van der Waals surface area contributed by atoms with Gasteiger partial charge in [-0.25, -0.2) is 0 Å². The Hall–Kier alpha value is -2.24. The fraction of sp³-hybridized carbons (Fsp3) is 0.529. The molecule has 0 unspecified atom stereocenters. The van der Waals surface area contributed by atoms with E-state index in [1.165, 1.54) is 12.8 Å². The Balaban J connectivity index is 1.40. The molecule has 1 amide bonds. The molecule has 1 aliphatic carbocycles. The van der Waals surface area contributed by atoms with E-state index in [1.54, 1.807) is 18.2 Å². The molecule has 2 fully saturated rings. The smallest absolute Gasteiger partial charge is 0.316 e. The fourth-order valence-corrected chi connectivity index (χ4v) is 3.60. The minimum absolute atomic E-state index is 0.0736. The first-order chi connectivity index (χ1) is 11.2. The molecule has 6 heteroatoms. The lowest BCUT2D eigenvalue weighted by Crippen LogP contribution is -2.35. The van der Waals surface area contributed by atoms with Crippen LogP contribution in [0.3, 0.4) is 0 Å². The van der Waals surface area contributed by atoms with E-state index < -0.39 is 0 Å². The fourth-order valence-electron chi connectivity index (χ4n) is 3.60. The molecule has 122 valence electrons. The molecule has 0 bridgehead atoms. The van der Waals surface area contributed by atoms with Crippen molar-refractivity contribution in [3.8, 4) is 17.2 Å². The van der Waals surface area contributed by atoms with Crippen molar-refractivity contribution in [3.05, 3.63) is 18.2 Å². The van der Waals surface area contributed by atoms with Gasteiger partial charge in [0.25, 0.3) is 0 Å². The molecule has 1 aromatic carbocycles. The Morgan fingerprint density at radius 3 is 2.78 bits per heavy atom. The Morgan fingerprint density at radius 2 is 1.96 bits per heavy atom. The molecule has 2 heterocycles. The monoisotopic (exact) mass is 317 g/mol. The van der Waals surface area contributed by atoms with Crippen LogP contribution in [0.15, 0.2) is 18.2 Å². The Bertz CT molecular complexity index is 638. The minimum atomic E-state index is -0.381. The van der Waals surface area contributed by atoms with Gasteiger partial charge in [-0.05, 0) is 25.0 Å².